The number of rotatable bonds is 6. The van der Waals surface area contributed by atoms with Gasteiger partial charge in [0.1, 0.15) is 11.7 Å². The van der Waals surface area contributed by atoms with Gasteiger partial charge in [-0.3, -0.25) is 0 Å². The van der Waals surface area contributed by atoms with Gasteiger partial charge in [-0.15, -0.1) is 0 Å². The first-order chi connectivity index (χ1) is 16.1. The molecular formula is C30H46O4. The van der Waals surface area contributed by atoms with Gasteiger partial charge in [0, 0.05) is 13.5 Å². The molecule has 3 fully saturated rings. The second-order valence-electron chi connectivity index (χ2n) is 11.2. The molecule has 0 unspecified atom stereocenters. The van der Waals surface area contributed by atoms with Crippen molar-refractivity contribution in [2.24, 2.45) is 23.2 Å². The summed E-state index contributed by atoms with van der Waals surface area (Å²) in [7, 11) is 1.74. The van der Waals surface area contributed by atoms with E-state index in [0.29, 0.717) is 37.5 Å². The van der Waals surface area contributed by atoms with Crippen LogP contribution >= 0.6 is 0 Å². The maximum absolute atomic E-state index is 10.6. The Kier molecular flexibility index (Phi) is 8.90. The van der Waals surface area contributed by atoms with Crippen molar-refractivity contribution in [3.05, 3.63) is 35.5 Å². The highest BCUT2D eigenvalue weighted by atomic mass is 16.5. The molecule has 0 aromatic rings. The molecule has 34 heavy (non-hydrogen) atoms. The van der Waals surface area contributed by atoms with E-state index in [2.05, 4.69) is 44.4 Å². The number of hydrogen-bond donors (Lipinski definition) is 3. The summed E-state index contributed by atoms with van der Waals surface area (Å²) in [5.74, 6) is 7.74. The Bertz CT molecular complexity index is 855. The minimum Gasteiger partial charge on any atom is -0.393 e. The van der Waals surface area contributed by atoms with Crippen molar-refractivity contribution in [3.63, 3.8) is 0 Å². The van der Waals surface area contributed by atoms with Crippen LogP contribution in [0.2, 0.25) is 0 Å². The third kappa shape index (κ3) is 5.54. The van der Waals surface area contributed by atoms with Crippen molar-refractivity contribution in [2.75, 3.05) is 7.11 Å². The summed E-state index contributed by atoms with van der Waals surface area (Å²) in [6, 6.07) is 0. The molecule has 3 aliphatic rings. The standard InChI is InChI=1S/C30H46O4/c1-7-30(33,8-2)17-15-28(34-6)21(4)25-13-14-26-22(10-9-16-29(25,26)5)11-12-23-18-24(31)19-27(32)20(23)3/h11-12,21,24-28,31-33H,3,7-10,13-14,16,18-19H2,1-2,4-6H3/b22-11+,23-12+/t21-,24-,25-,26+,27+,28-,29-/m1/s1. The van der Waals surface area contributed by atoms with Gasteiger partial charge in [-0.25, -0.2) is 0 Å². The van der Waals surface area contributed by atoms with E-state index in [9.17, 15) is 15.3 Å². The van der Waals surface area contributed by atoms with Crippen LogP contribution in [-0.2, 0) is 4.74 Å². The van der Waals surface area contributed by atoms with Crippen molar-refractivity contribution in [1.29, 1.82) is 0 Å². The first kappa shape index (κ1) is 27.2. The molecule has 0 aromatic carbocycles. The van der Waals surface area contributed by atoms with Crippen molar-refractivity contribution in [2.45, 2.75) is 109 Å². The summed E-state index contributed by atoms with van der Waals surface area (Å²) in [6.45, 7) is 12.7. The second kappa shape index (κ2) is 11.1. The van der Waals surface area contributed by atoms with Gasteiger partial charge in [0.25, 0.3) is 0 Å². The zero-order chi connectivity index (χ0) is 25.1. The topological polar surface area (TPSA) is 69.9 Å². The molecule has 3 aliphatic carbocycles. The molecule has 4 nitrogen and oxygen atoms in total. The predicted octanol–water partition coefficient (Wildman–Crippen LogP) is 5.33. The van der Waals surface area contributed by atoms with Crippen LogP contribution in [0, 0.1) is 35.0 Å². The molecule has 0 aliphatic heterocycles. The Morgan fingerprint density at radius 2 is 1.94 bits per heavy atom. The van der Waals surface area contributed by atoms with Crippen LogP contribution in [0.3, 0.4) is 0 Å². The van der Waals surface area contributed by atoms with Gasteiger partial charge in [0.05, 0.1) is 12.2 Å². The number of allylic oxidation sites excluding steroid dienone is 3. The van der Waals surface area contributed by atoms with E-state index >= 15 is 0 Å². The maximum atomic E-state index is 10.6. The minimum absolute atomic E-state index is 0.185. The van der Waals surface area contributed by atoms with E-state index in [1.54, 1.807) is 7.11 Å². The first-order valence-electron chi connectivity index (χ1n) is 13.3. The van der Waals surface area contributed by atoms with Gasteiger partial charge in [0.2, 0.25) is 0 Å². The van der Waals surface area contributed by atoms with Gasteiger partial charge in [-0.05, 0) is 85.7 Å². The van der Waals surface area contributed by atoms with Crippen LogP contribution in [-0.4, -0.2) is 46.3 Å². The SMILES string of the molecule is C=C1/C(=C/C=C2\CCC[C@]3(C)[C@@H]([C@@H](C)[C@@H](C#CC(O)(CC)CC)OC)CC[C@@H]23)C[C@@H](O)C[C@@H]1O. The van der Waals surface area contributed by atoms with E-state index in [-0.39, 0.29) is 17.4 Å². The number of hydrogen-bond acceptors (Lipinski definition) is 4. The van der Waals surface area contributed by atoms with Gasteiger partial charge in [0.15, 0.2) is 0 Å². The summed E-state index contributed by atoms with van der Waals surface area (Å²) in [6.07, 6.45) is 11.0. The average Bonchev–Trinajstić information content (AvgIpc) is 3.17. The average molecular weight is 471 g/mol. The Morgan fingerprint density at radius 1 is 1.24 bits per heavy atom. The molecule has 0 heterocycles. The normalized spacial score (nSPS) is 36.2. The summed E-state index contributed by atoms with van der Waals surface area (Å²) in [4.78, 5) is 0. The van der Waals surface area contributed by atoms with Crippen molar-refractivity contribution in [1.82, 2.24) is 0 Å². The molecule has 0 spiro atoms. The third-order valence-electron chi connectivity index (χ3n) is 9.29. The number of ether oxygens (including phenoxy) is 1. The largest absolute Gasteiger partial charge is 0.393 e. The van der Waals surface area contributed by atoms with Crippen LogP contribution < -0.4 is 0 Å². The minimum atomic E-state index is -0.933. The summed E-state index contributed by atoms with van der Waals surface area (Å²) in [5, 5.41) is 30.9. The molecule has 7 atom stereocenters. The number of aliphatic hydroxyl groups excluding tert-OH is 2. The molecular weight excluding hydrogens is 424 g/mol. The highest BCUT2D eigenvalue weighted by molar-refractivity contribution is 5.38. The highest BCUT2D eigenvalue weighted by Crippen LogP contribution is 2.59. The smallest absolute Gasteiger partial charge is 0.125 e. The van der Waals surface area contributed by atoms with Crippen molar-refractivity contribution < 1.29 is 20.1 Å². The molecule has 0 aromatic heterocycles. The van der Waals surface area contributed by atoms with Crippen molar-refractivity contribution >= 4 is 0 Å². The fraction of sp³-hybridized carbons (Fsp3) is 0.733. The zero-order valence-electron chi connectivity index (χ0n) is 21.9. The summed E-state index contributed by atoms with van der Waals surface area (Å²) < 4.78 is 5.85. The fourth-order valence-corrected chi connectivity index (χ4v) is 6.86. The molecule has 0 amide bonds. The van der Waals surface area contributed by atoms with E-state index in [0.717, 1.165) is 24.0 Å². The molecule has 0 bridgehead atoms. The molecule has 0 radical (unpaired) electrons. The Balaban J connectivity index is 1.81. The number of aliphatic hydroxyl groups is 3. The third-order valence-corrected chi connectivity index (χ3v) is 9.29. The lowest BCUT2D eigenvalue weighted by atomic mass is 9.60. The molecule has 190 valence electrons. The fourth-order valence-electron chi connectivity index (χ4n) is 6.86. The highest BCUT2D eigenvalue weighted by Gasteiger charge is 2.51. The van der Waals surface area contributed by atoms with Gasteiger partial charge >= 0.3 is 0 Å². The van der Waals surface area contributed by atoms with E-state index < -0.39 is 17.8 Å². The monoisotopic (exact) mass is 470 g/mol. The molecule has 4 heteroatoms. The Labute approximate surface area is 207 Å². The number of methoxy groups -OCH3 is 1. The summed E-state index contributed by atoms with van der Waals surface area (Å²) >= 11 is 0. The van der Waals surface area contributed by atoms with E-state index in [4.69, 9.17) is 4.74 Å². The quantitative estimate of drug-likeness (QED) is 0.459. The first-order valence-corrected chi connectivity index (χ1v) is 13.3. The van der Waals surface area contributed by atoms with E-state index in [1.807, 2.05) is 13.8 Å². The molecule has 3 saturated carbocycles. The predicted molar refractivity (Wildman–Crippen MR) is 138 cm³/mol. The molecule has 0 saturated heterocycles. The van der Waals surface area contributed by atoms with Crippen LogP contribution in [0.4, 0.5) is 0 Å². The lowest BCUT2D eigenvalue weighted by Crippen LogP contribution is -2.39. The summed E-state index contributed by atoms with van der Waals surface area (Å²) in [5.41, 5.74) is 2.48. The Morgan fingerprint density at radius 3 is 2.59 bits per heavy atom. The second-order valence-corrected chi connectivity index (χ2v) is 11.2. The van der Waals surface area contributed by atoms with Gasteiger partial charge < -0.3 is 20.1 Å². The molecule has 3 N–H and O–H groups in total. The van der Waals surface area contributed by atoms with Gasteiger partial charge in [-0.1, -0.05) is 63.8 Å². The van der Waals surface area contributed by atoms with Gasteiger partial charge in [-0.2, -0.15) is 0 Å². The van der Waals surface area contributed by atoms with Crippen molar-refractivity contribution in [3.8, 4) is 11.8 Å². The van der Waals surface area contributed by atoms with E-state index in [1.165, 1.54) is 24.8 Å². The van der Waals surface area contributed by atoms with Crippen LogP contribution in [0.25, 0.3) is 0 Å². The Hall–Kier alpha value is -1.38. The lowest BCUT2D eigenvalue weighted by molar-refractivity contribution is 0.0224. The van der Waals surface area contributed by atoms with Crippen LogP contribution in [0.1, 0.15) is 85.5 Å². The zero-order valence-corrected chi connectivity index (χ0v) is 21.9. The van der Waals surface area contributed by atoms with Crippen LogP contribution in [0.5, 0.6) is 0 Å². The van der Waals surface area contributed by atoms with Crippen LogP contribution in [0.15, 0.2) is 35.5 Å². The lowest BCUT2D eigenvalue weighted by Gasteiger charge is -2.45. The molecule has 3 rings (SSSR count). The maximum Gasteiger partial charge on any atom is 0.125 e. The number of fused-ring (bicyclic) bond motifs is 1.